The van der Waals surface area contributed by atoms with Gasteiger partial charge < -0.3 is 14.6 Å². The number of anilines is 1. The summed E-state index contributed by atoms with van der Waals surface area (Å²) in [6.07, 6.45) is 0. The molecule has 0 saturated carbocycles. The summed E-state index contributed by atoms with van der Waals surface area (Å²) in [5.74, 6) is -0.527. The SMILES string of the molecule is Cc1onc(C(=O)Nc2ccc(Cl)c(Cl)c2)c1COc1ccccc1F. The van der Waals surface area contributed by atoms with Crippen LogP contribution in [0.3, 0.4) is 0 Å². The van der Waals surface area contributed by atoms with Crippen molar-refractivity contribution in [1.82, 2.24) is 5.16 Å². The molecule has 1 amide bonds. The number of nitrogens with one attached hydrogen (secondary N) is 1. The first-order valence-electron chi connectivity index (χ1n) is 7.54. The van der Waals surface area contributed by atoms with Crippen molar-refractivity contribution in [2.24, 2.45) is 0 Å². The smallest absolute Gasteiger partial charge is 0.278 e. The number of ether oxygens (including phenoxy) is 1. The van der Waals surface area contributed by atoms with Gasteiger partial charge in [0.2, 0.25) is 0 Å². The largest absolute Gasteiger partial charge is 0.486 e. The predicted octanol–water partition coefficient (Wildman–Crippen LogP) is 5.26. The number of carbonyl (C=O) groups excluding carboxylic acids is 1. The van der Waals surface area contributed by atoms with Crippen LogP contribution in [0.1, 0.15) is 21.8 Å². The second-order valence-corrected chi connectivity index (χ2v) is 6.18. The van der Waals surface area contributed by atoms with Crippen LogP contribution >= 0.6 is 23.2 Å². The van der Waals surface area contributed by atoms with E-state index in [1.807, 2.05) is 0 Å². The molecule has 0 radical (unpaired) electrons. The van der Waals surface area contributed by atoms with Gasteiger partial charge in [-0.3, -0.25) is 4.79 Å². The summed E-state index contributed by atoms with van der Waals surface area (Å²) in [7, 11) is 0. The van der Waals surface area contributed by atoms with Gasteiger partial charge in [0.25, 0.3) is 5.91 Å². The number of hydrogen-bond donors (Lipinski definition) is 1. The minimum absolute atomic E-state index is 0.0462. The number of benzene rings is 2. The molecule has 0 aliphatic rings. The molecule has 8 heteroatoms. The minimum Gasteiger partial charge on any atom is -0.486 e. The van der Waals surface area contributed by atoms with Gasteiger partial charge in [0.1, 0.15) is 12.4 Å². The van der Waals surface area contributed by atoms with Crippen LogP contribution in [0.2, 0.25) is 10.0 Å². The highest BCUT2D eigenvalue weighted by atomic mass is 35.5. The molecule has 1 N–H and O–H groups in total. The molecule has 0 fully saturated rings. The van der Waals surface area contributed by atoms with Gasteiger partial charge >= 0.3 is 0 Å². The van der Waals surface area contributed by atoms with Crippen molar-refractivity contribution >= 4 is 34.8 Å². The predicted molar refractivity (Wildman–Crippen MR) is 96.4 cm³/mol. The Balaban J connectivity index is 1.77. The number of halogens is 3. The first-order chi connectivity index (χ1) is 12.5. The zero-order valence-corrected chi connectivity index (χ0v) is 15.1. The molecule has 3 rings (SSSR count). The lowest BCUT2D eigenvalue weighted by Crippen LogP contribution is -2.15. The quantitative estimate of drug-likeness (QED) is 0.640. The second kappa shape index (κ2) is 7.76. The first kappa shape index (κ1) is 18.2. The zero-order valence-electron chi connectivity index (χ0n) is 13.6. The fourth-order valence-electron chi connectivity index (χ4n) is 2.22. The minimum atomic E-state index is -0.507. The number of rotatable bonds is 5. The third-order valence-corrected chi connectivity index (χ3v) is 4.32. The molecule has 134 valence electrons. The molecule has 2 aromatic carbocycles. The van der Waals surface area contributed by atoms with E-state index in [0.29, 0.717) is 27.1 Å². The maximum Gasteiger partial charge on any atom is 0.278 e. The van der Waals surface area contributed by atoms with E-state index in [4.69, 9.17) is 32.5 Å². The Labute approximate surface area is 158 Å². The van der Waals surface area contributed by atoms with E-state index in [0.717, 1.165) is 0 Å². The molecule has 0 unspecified atom stereocenters. The van der Waals surface area contributed by atoms with Crippen LogP contribution in [0.15, 0.2) is 47.0 Å². The second-order valence-electron chi connectivity index (χ2n) is 5.37. The summed E-state index contributed by atoms with van der Waals surface area (Å²) < 4.78 is 24.2. The van der Waals surface area contributed by atoms with Crippen LogP contribution < -0.4 is 10.1 Å². The molecule has 3 aromatic rings. The van der Waals surface area contributed by atoms with Crippen molar-refractivity contribution in [2.45, 2.75) is 13.5 Å². The maximum absolute atomic E-state index is 13.7. The molecule has 0 bridgehead atoms. The standard InChI is InChI=1S/C18H13Cl2FN2O3/c1-10-12(9-25-16-5-3-2-4-15(16)21)17(23-26-10)18(24)22-11-6-7-13(19)14(20)8-11/h2-8H,9H2,1H3,(H,22,24). The Hall–Kier alpha value is -2.57. The Bertz CT molecular complexity index is 959. The third kappa shape index (κ3) is 3.98. The highest BCUT2D eigenvalue weighted by Crippen LogP contribution is 2.26. The van der Waals surface area contributed by atoms with Gasteiger partial charge in [-0.2, -0.15) is 0 Å². The Morgan fingerprint density at radius 2 is 2.00 bits per heavy atom. The molecule has 1 aromatic heterocycles. The number of nitrogens with zero attached hydrogens (tertiary/aromatic N) is 1. The van der Waals surface area contributed by atoms with Gasteiger partial charge in [-0.1, -0.05) is 40.5 Å². The lowest BCUT2D eigenvalue weighted by molar-refractivity contribution is 0.101. The number of para-hydroxylation sites is 1. The van der Waals surface area contributed by atoms with Gasteiger partial charge in [-0.25, -0.2) is 4.39 Å². The van der Waals surface area contributed by atoms with Crippen LogP contribution in [0, 0.1) is 12.7 Å². The van der Waals surface area contributed by atoms with E-state index in [1.165, 1.54) is 18.2 Å². The van der Waals surface area contributed by atoms with Crippen molar-refractivity contribution in [1.29, 1.82) is 0 Å². The fourth-order valence-corrected chi connectivity index (χ4v) is 2.51. The summed E-state index contributed by atoms with van der Waals surface area (Å²) in [6.45, 7) is 1.57. The maximum atomic E-state index is 13.7. The van der Waals surface area contributed by atoms with Crippen LogP contribution in [-0.2, 0) is 6.61 Å². The molecule has 0 aliphatic heterocycles. The molecule has 1 heterocycles. The molecular formula is C18H13Cl2FN2O3. The highest BCUT2D eigenvalue weighted by molar-refractivity contribution is 6.42. The number of aromatic nitrogens is 1. The Morgan fingerprint density at radius 1 is 1.23 bits per heavy atom. The summed E-state index contributed by atoms with van der Waals surface area (Å²) in [4.78, 5) is 12.5. The molecule has 5 nitrogen and oxygen atoms in total. The molecule has 0 aliphatic carbocycles. The Kier molecular flexibility index (Phi) is 5.44. The van der Waals surface area contributed by atoms with Gasteiger partial charge in [-0.15, -0.1) is 0 Å². The lowest BCUT2D eigenvalue weighted by atomic mass is 10.2. The van der Waals surface area contributed by atoms with E-state index < -0.39 is 11.7 Å². The van der Waals surface area contributed by atoms with Crippen LogP contribution in [0.4, 0.5) is 10.1 Å². The molecule has 0 saturated heterocycles. The summed E-state index contributed by atoms with van der Waals surface area (Å²) in [6, 6.07) is 10.7. The molecule has 0 atom stereocenters. The third-order valence-electron chi connectivity index (χ3n) is 3.59. The monoisotopic (exact) mass is 394 g/mol. The van der Waals surface area contributed by atoms with E-state index in [1.54, 1.807) is 31.2 Å². The van der Waals surface area contributed by atoms with Crippen molar-refractivity contribution < 1.29 is 18.4 Å². The number of hydrogen-bond acceptors (Lipinski definition) is 4. The van der Waals surface area contributed by atoms with Gasteiger partial charge in [0, 0.05) is 5.69 Å². The van der Waals surface area contributed by atoms with Crippen LogP contribution in [-0.4, -0.2) is 11.1 Å². The average molecular weight is 395 g/mol. The summed E-state index contributed by atoms with van der Waals surface area (Å²) >= 11 is 11.8. The molecular weight excluding hydrogens is 382 g/mol. The normalized spacial score (nSPS) is 10.6. The van der Waals surface area contributed by atoms with Crippen molar-refractivity contribution in [3.8, 4) is 5.75 Å². The average Bonchev–Trinajstić information content (AvgIpc) is 2.98. The van der Waals surface area contributed by atoms with Crippen LogP contribution in [0.25, 0.3) is 0 Å². The Morgan fingerprint density at radius 3 is 2.73 bits per heavy atom. The van der Waals surface area contributed by atoms with Crippen molar-refractivity contribution in [3.63, 3.8) is 0 Å². The summed E-state index contributed by atoms with van der Waals surface area (Å²) in [5, 5.41) is 7.11. The van der Waals surface area contributed by atoms with Gasteiger partial charge in [-0.05, 0) is 37.3 Å². The van der Waals surface area contributed by atoms with Crippen molar-refractivity contribution in [2.75, 3.05) is 5.32 Å². The number of amides is 1. The van der Waals surface area contributed by atoms with Crippen molar-refractivity contribution in [3.05, 3.63) is 75.3 Å². The number of carbonyl (C=O) groups is 1. The lowest BCUT2D eigenvalue weighted by Gasteiger charge is -2.08. The fraction of sp³-hybridized carbons (Fsp3) is 0.111. The highest BCUT2D eigenvalue weighted by Gasteiger charge is 2.21. The summed E-state index contributed by atoms with van der Waals surface area (Å²) in [5.41, 5.74) is 0.918. The van der Waals surface area contributed by atoms with E-state index >= 15 is 0 Å². The van der Waals surface area contributed by atoms with E-state index in [2.05, 4.69) is 10.5 Å². The van der Waals surface area contributed by atoms with Crippen LogP contribution in [0.5, 0.6) is 5.75 Å². The van der Waals surface area contributed by atoms with E-state index in [-0.39, 0.29) is 18.1 Å². The molecule has 0 spiro atoms. The zero-order chi connectivity index (χ0) is 18.7. The van der Waals surface area contributed by atoms with Gasteiger partial charge in [0.15, 0.2) is 17.3 Å². The number of aryl methyl sites for hydroxylation is 1. The first-order valence-corrected chi connectivity index (χ1v) is 8.30. The topological polar surface area (TPSA) is 64.4 Å². The van der Waals surface area contributed by atoms with Gasteiger partial charge in [0.05, 0.1) is 15.6 Å². The van der Waals surface area contributed by atoms with E-state index in [9.17, 15) is 9.18 Å². The molecule has 26 heavy (non-hydrogen) atoms.